The Morgan fingerprint density at radius 1 is 0.742 bits per heavy atom. The van der Waals surface area contributed by atoms with Crippen molar-refractivity contribution in [2.75, 3.05) is 5.32 Å². The Balaban J connectivity index is 1.62. The minimum Gasteiger partial charge on any atom is -0.303 e. The van der Waals surface area contributed by atoms with E-state index in [1.54, 1.807) is 24.3 Å². The highest BCUT2D eigenvalue weighted by Gasteiger charge is 2.15. The third kappa shape index (κ3) is 3.91. The number of halogens is 1. The Labute approximate surface area is 184 Å². The van der Waals surface area contributed by atoms with Crippen LogP contribution in [0.4, 0.5) is 5.82 Å². The van der Waals surface area contributed by atoms with E-state index in [1.807, 2.05) is 77.5 Å². The van der Waals surface area contributed by atoms with Crippen LogP contribution in [0.25, 0.3) is 28.2 Å². The highest BCUT2D eigenvalue weighted by atomic mass is 35.5. The lowest BCUT2D eigenvalue weighted by molar-refractivity contribution is 0.102. The molecule has 2 heterocycles. The van der Waals surface area contributed by atoms with Crippen LogP contribution in [-0.4, -0.2) is 20.3 Å². The van der Waals surface area contributed by atoms with Gasteiger partial charge >= 0.3 is 0 Å². The number of amides is 1. The van der Waals surface area contributed by atoms with Gasteiger partial charge in [0.25, 0.3) is 5.91 Å². The van der Waals surface area contributed by atoms with E-state index in [0.29, 0.717) is 22.1 Å². The molecule has 0 radical (unpaired) electrons. The summed E-state index contributed by atoms with van der Waals surface area (Å²) in [4.78, 5) is 22.3. The maximum atomic E-state index is 12.9. The number of anilines is 1. The molecule has 5 aromatic rings. The zero-order valence-electron chi connectivity index (χ0n) is 16.4. The molecule has 31 heavy (non-hydrogen) atoms. The van der Waals surface area contributed by atoms with Gasteiger partial charge in [0.2, 0.25) is 0 Å². The third-order valence-corrected chi connectivity index (χ3v) is 5.17. The largest absolute Gasteiger partial charge is 0.303 e. The molecule has 5 rings (SSSR count). The maximum Gasteiger partial charge on any atom is 0.256 e. The van der Waals surface area contributed by atoms with E-state index in [2.05, 4.69) is 5.32 Å². The van der Waals surface area contributed by atoms with Gasteiger partial charge in [-0.05, 0) is 24.3 Å². The number of rotatable bonds is 4. The van der Waals surface area contributed by atoms with Gasteiger partial charge in [-0.3, -0.25) is 4.79 Å². The van der Waals surface area contributed by atoms with Crippen LogP contribution in [-0.2, 0) is 0 Å². The Morgan fingerprint density at radius 2 is 1.29 bits per heavy atom. The van der Waals surface area contributed by atoms with Crippen molar-refractivity contribution in [2.24, 2.45) is 0 Å². The Kier molecular flexibility index (Phi) is 4.94. The molecule has 2 aromatic heterocycles. The van der Waals surface area contributed by atoms with Gasteiger partial charge in [0.05, 0.1) is 11.4 Å². The molecule has 0 fully saturated rings. The molecule has 5 nitrogen and oxygen atoms in total. The SMILES string of the molecule is O=C(Nc1nc(-c2ccccc2)cn2cc(-c3ccccc3)nc12)c1ccc(Cl)cc1. The lowest BCUT2D eigenvalue weighted by Crippen LogP contribution is -2.14. The lowest BCUT2D eigenvalue weighted by atomic mass is 10.1. The van der Waals surface area contributed by atoms with Gasteiger partial charge in [0, 0.05) is 34.1 Å². The summed E-state index contributed by atoms with van der Waals surface area (Å²) in [5.74, 6) is 0.115. The molecular formula is C25H17ClN4O. The molecule has 0 aliphatic rings. The number of hydrogen-bond acceptors (Lipinski definition) is 3. The highest BCUT2D eigenvalue weighted by molar-refractivity contribution is 6.30. The zero-order valence-corrected chi connectivity index (χ0v) is 17.1. The molecule has 0 saturated carbocycles. The third-order valence-electron chi connectivity index (χ3n) is 4.92. The lowest BCUT2D eigenvalue weighted by Gasteiger charge is -2.09. The molecule has 0 saturated heterocycles. The fraction of sp³-hybridized carbons (Fsp3) is 0. The molecule has 0 aliphatic carbocycles. The van der Waals surface area contributed by atoms with Crippen molar-refractivity contribution in [3.8, 4) is 22.5 Å². The molecule has 0 spiro atoms. The summed E-state index contributed by atoms with van der Waals surface area (Å²) in [5, 5.41) is 3.49. The van der Waals surface area contributed by atoms with Crippen LogP contribution in [0.15, 0.2) is 97.3 Å². The molecular weight excluding hydrogens is 408 g/mol. The first kappa shape index (κ1) is 19.0. The maximum absolute atomic E-state index is 12.9. The monoisotopic (exact) mass is 424 g/mol. The van der Waals surface area contributed by atoms with Crippen LogP contribution >= 0.6 is 11.6 Å². The second-order valence-corrected chi connectivity index (χ2v) is 7.46. The van der Waals surface area contributed by atoms with Crippen molar-refractivity contribution in [1.29, 1.82) is 0 Å². The fourth-order valence-corrected chi connectivity index (χ4v) is 3.49. The van der Waals surface area contributed by atoms with Gasteiger partial charge in [-0.1, -0.05) is 72.3 Å². The number of aromatic nitrogens is 3. The van der Waals surface area contributed by atoms with E-state index >= 15 is 0 Å². The average Bonchev–Trinajstić information content (AvgIpc) is 3.25. The van der Waals surface area contributed by atoms with E-state index in [0.717, 1.165) is 22.5 Å². The van der Waals surface area contributed by atoms with Crippen molar-refractivity contribution in [3.05, 3.63) is 108 Å². The molecule has 0 atom stereocenters. The summed E-state index contributed by atoms with van der Waals surface area (Å²) in [6, 6.07) is 26.4. The molecule has 3 aromatic carbocycles. The van der Waals surface area contributed by atoms with Crippen LogP contribution in [0.5, 0.6) is 0 Å². The number of benzene rings is 3. The number of imidazole rings is 1. The van der Waals surface area contributed by atoms with E-state index in [9.17, 15) is 4.79 Å². The molecule has 0 bridgehead atoms. The molecule has 0 aliphatic heterocycles. The van der Waals surface area contributed by atoms with E-state index in [1.165, 1.54) is 0 Å². The van der Waals surface area contributed by atoms with Crippen molar-refractivity contribution in [1.82, 2.24) is 14.4 Å². The second kappa shape index (κ2) is 8.05. The van der Waals surface area contributed by atoms with Crippen LogP contribution in [0.3, 0.4) is 0 Å². The van der Waals surface area contributed by atoms with Crippen molar-refractivity contribution >= 4 is 29.0 Å². The molecule has 150 valence electrons. The second-order valence-electron chi connectivity index (χ2n) is 7.02. The van der Waals surface area contributed by atoms with Crippen molar-refractivity contribution < 1.29 is 4.79 Å². The van der Waals surface area contributed by atoms with Gasteiger partial charge in [-0.25, -0.2) is 9.97 Å². The summed E-state index contributed by atoms with van der Waals surface area (Å²) >= 11 is 5.95. The predicted octanol–water partition coefficient (Wildman–Crippen LogP) is 5.97. The summed E-state index contributed by atoms with van der Waals surface area (Å²) in [5.41, 5.74) is 4.53. The Bertz CT molecular complexity index is 1360. The Hall–Kier alpha value is -3.96. The number of carbonyl (C=O) groups is 1. The minimum atomic E-state index is -0.277. The predicted molar refractivity (Wildman–Crippen MR) is 123 cm³/mol. The zero-order chi connectivity index (χ0) is 21.2. The fourth-order valence-electron chi connectivity index (χ4n) is 3.36. The van der Waals surface area contributed by atoms with Crippen LogP contribution < -0.4 is 5.32 Å². The number of fused-ring (bicyclic) bond motifs is 1. The topological polar surface area (TPSA) is 59.3 Å². The van der Waals surface area contributed by atoms with Gasteiger partial charge in [0.15, 0.2) is 11.5 Å². The first-order valence-corrected chi connectivity index (χ1v) is 10.1. The van der Waals surface area contributed by atoms with E-state index in [4.69, 9.17) is 21.6 Å². The first-order valence-electron chi connectivity index (χ1n) is 9.75. The Morgan fingerprint density at radius 3 is 1.87 bits per heavy atom. The molecule has 0 unspecified atom stereocenters. The minimum absolute atomic E-state index is 0.277. The van der Waals surface area contributed by atoms with Gasteiger partial charge in [0.1, 0.15) is 0 Å². The smallest absolute Gasteiger partial charge is 0.256 e. The number of nitrogens with one attached hydrogen (secondary N) is 1. The average molecular weight is 425 g/mol. The van der Waals surface area contributed by atoms with E-state index in [-0.39, 0.29) is 5.91 Å². The number of nitrogens with zero attached hydrogens (tertiary/aromatic N) is 3. The van der Waals surface area contributed by atoms with E-state index < -0.39 is 0 Å². The molecule has 6 heteroatoms. The highest BCUT2D eigenvalue weighted by Crippen LogP contribution is 2.26. The number of hydrogen-bond donors (Lipinski definition) is 1. The summed E-state index contributed by atoms with van der Waals surface area (Å²) in [6.45, 7) is 0. The summed E-state index contributed by atoms with van der Waals surface area (Å²) in [6.07, 6.45) is 3.86. The van der Waals surface area contributed by atoms with Crippen LogP contribution in [0, 0.1) is 0 Å². The van der Waals surface area contributed by atoms with Gasteiger partial charge in [-0.15, -0.1) is 0 Å². The number of carbonyl (C=O) groups excluding carboxylic acids is 1. The summed E-state index contributed by atoms with van der Waals surface area (Å²) in [7, 11) is 0. The quantitative estimate of drug-likeness (QED) is 0.386. The first-order chi connectivity index (χ1) is 15.2. The van der Waals surface area contributed by atoms with Crippen LogP contribution in [0.2, 0.25) is 5.02 Å². The standard InChI is InChI=1S/C25H17ClN4O/c26-20-13-11-19(12-14-20)25(31)29-23-24-28-22(18-9-5-2-6-10-18)16-30(24)15-21(27-23)17-7-3-1-4-8-17/h1-16H,(H,27,29,31). The molecule has 1 N–H and O–H groups in total. The van der Waals surface area contributed by atoms with Crippen LogP contribution in [0.1, 0.15) is 10.4 Å². The van der Waals surface area contributed by atoms with Crippen molar-refractivity contribution in [2.45, 2.75) is 0 Å². The van der Waals surface area contributed by atoms with Gasteiger partial charge < -0.3 is 9.72 Å². The van der Waals surface area contributed by atoms with Gasteiger partial charge in [-0.2, -0.15) is 0 Å². The normalized spacial score (nSPS) is 10.9. The van der Waals surface area contributed by atoms with Crippen molar-refractivity contribution in [3.63, 3.8) is 0 Å². The molecule has 1 amide bonds. The summed E-state index contributed by atoms with van der Waals surface area (Å²) < 4.78 is 1.90.